The van der Waals surface area contributed by atoms with E-state index in [9.17, 15) is 0 Å². The van der Waals surface area contributed by atoms with Crippen molar-refractivity contribution in [2.24, 2.45) is 4.99 Å². The van der Waals surface area contributed by atoms with Gasteiger partial charge in [-0.15, -0.1) is 24.0 Å². The number of oxazole rings is 1. The van der Waals surface area contributed by atoms with Crippen LogP contribution in [0.15, 0.2) is 46.0 Å². The van der Waals surface area contributed by atoms with Crippen molar-refractivity contribution in [3.63, 3.8) is 0 Å². The quantitative estimate of drug-likeness (QED) is 0.263. The van der Waals surface area contributed by atoms with Gasteiger partial charge in [-0.2, -0.15) is 0 Å². The highest BCUT2D eigenvalue weighted by atomic mass is 127. The van der Waals surface area contributed by atoms with Crippen LogP contribution in [0.1, 0.15) is 46.2 Å². The Morgan fingerprint density at radius 2 is 1.90 bits per heavy atom. The van der Waals surface area contributed by atoms with Crippen molar-refractivity contribution < 1.29 is 4.42 Å². The Morgan fingerprint density at radius 1 is 1.17 bits per heavy atom. The van der Waals surface area contributed by atoms with Crippen molar-refractivity contribution >= 4 is 29.9 Å². The number of hydrogen-bond acceptors (Lipinski definition) is 4. The van der Waals surface area contributed by atoms with E-state index in [2.05, 4.69) is 53.2 Å². The van der Waals surface area contributed by atoms with E-state index in [1.807, 2.05) is 30.3 Å². The van der Waals surface area contributed by atoms with Gasteiger partial charge < -0.3 is 20.0 Å². The normalized spacial score (nSPS) is 12.5. The number of aliphatic imine (C=N–C) groups is 1. The number of hydrogen-bond donors (Lipinski definition) is 2. The Morgan fingerprint density at radius 3 is 2.55 bits per heavy atom. The van der Waals surface area contributed by atoms with Crippen LogP contribution in [0.2, 0.25) is 0 Å². The van der Waals surface area contributed by atoms with E-state index in [4.69, 9.17) is 4.42 Å². The van der Waals surface area contributed by atoms with Crippen LogP contribution in [-0.2, 0) is 6.54 Å². The maximum Gasteiger partial charge on any atom is 0.226 e. The predicted octanol–water partition coefficient (Wildman–Crippen LogP) is 4.53. The molecular weight excluding hydrogens is 477 g/mol. The summed E-state index contributed by atoms with van der Waals surface area (Å²) in [5.74, 6) is 1.45. The molecule has 1 heterocycles. The highest BCUT2D eigenvalue weighted by Crippen LogP contribution is 2.18. The summed E-state index contributed by atoms with van der Waals surface area (Å²) < 4.78 is 5.59. The van der Waals surface area contributed by atoms with Gasteiger partial charge in [0, 0.05) is 18.2 Å². The number of nitrogens with one attached hydrogen (secondary N) is 2. The Kier molecular flexibility index (Phi) is 12.6. The number of aromatic nitrogens is 1. The van der Waals surface area contributed by atoms with Crippen molar-refractivity contribution in [2.75, 3.05) is 26.2 Å². The first-order valence-corrected chi connectivity index (χ1v) is 10.4. The van der Waals surface area contributed by atoms with Gasteiger partial charge in [0.15, 0.2) is 5.96 Å². The maximum atomic E-state index is 5.59. The third kappa shape index (κ3) is 9.16. The minimum Gasteiger partial charge on any atom is -0.444 e. The van der Waals surface area contributed by atoms with Crippen molar-refractivity contribution in [2.45, 2.75) is 53.1 Å². The van der Waals surface area contributed by atoms with Crippen LogP contribution < -0.4 is 10.6 Å². The van der Waals surface area contributed by atoms with E-state index < -0.39 is 0 Å². The summed E-state index contributed by atoms with van der Waals surface area (Å²) in [5.41, 5.74) is 1.80. The van der Waals surface area contributed by atoms with Crippen LogP contribution in [-0.4, -0.2) is 48.1 Å². The van der Waals surface area contributed by atoms with Gasteiger partial charge in [-0.25, -0.2) is 9.98 Å². The van der Waals surface area contributed by atoms with E-state index in [-0.39, 0.29) is 24.0 Å². The molecule has 0 spiro atoms. The third-order valence-electron chi connectivity index (χ3n) is 4.70. The molecule has 29 heavy (non-hydrogen) atoms. The molecule has 1 unspecified atom stereocenters. The molecule has 0 aliphatic rings. The molecule has 1 aromatic heterocycles. The summed E-state index contributed by atoms with van der Waals surface area (Å²) in [7, 11) is 0. The summed E-state index contributed by atoms with van der Waals surface area (Å²) >= 11 is 0. The Bertz CT molecular complexity index is 700. The van der Waals surface area contributed by atoms with Gasteiger partial charge in [0.2, 0.25) is 5.89 Å². The van der Waals surface area contributed by atoms with E-state index in [1.165, 1.54) is 6.42 Å². The lowest BCUT2D eigenvalue weighted by atomic mass is 10.2. The molecule has 2 N–H and O–H groups in total. The summed E-state index contributed by atoms with van der Waals surface area (Å²) in [6.07, 6.45) is 3.98. The molecule has 0 radical (unpaired) electrons. The Balaban J connectivity index is 0.00000420. The van der Waals surface area contributed by atoms with E-state index >= 15 is 0 Å². The van der Waals surface area contributed by atoms with Crippen LogP contribution in [0, 0.1) is 0 Å². The lowest BCUT2D eigenvalue weighted by Gasteiger charge is -2.21. The molecule has 0 fully saturated rings. The van der Waals surface area contributed by atoms with Crippen LogP contribution >= 0.6 is 24.0 Å². The Hall–Kier alpha value is -1.61. The van der Waals surface area contributed by atoms with E-state index in [0.29, 0.717) is 18.5 Å². The third-order valence-corrected chi connectivity index (χ3v) is 4.70. The van der Waals surface area contributed by atoms with E-state index in [0.717, 1.165) is 49.8 Å². The molecule has 0 aliphatic heterocycles. The van der Waals surface area contributed by atoms with Crippen molar-refractivity contribution in [1.82, 2.24) is 20.5 Å². The molecular formula is C22H36IN5O. The summed E-state index contributed by atoms with van der Waals surface area (Å²) in [6, 6.07) is 10.3. The average molecular weight is 513 g/mol. The van der Waals surface area contributed by atoms with Crippen molar-refractivity contribution in [1.29, 1.82) is 0 Å². The second-order valence-electron chi connectivity index (χ2n) is 6.92. The average Bonchev–Trinajstić information content (AvgIpc) is 3.19. The summed E-state index contributed by atoms with van der Waals surface area (Å²) in [5, 5.41) is 6.81. The lowest BCUT2D eigenvalue weighted by molar-refractivity contribution is 0.292. The lowest BCUT2D eigenvalue weighted by Crippen LogP contribution is -2.42. The molecule has 1 atom stereocenters. The van der Waals surface area contributed by atoms with E-state index in [1.54, 1.807) is 6.26 Å². The number of benzene rings is 1. The molecule has 2 aromatic rings. The van der Waals surface area contributed by atoms with Gasteiger partial charge in [0.1, 0.15) is 12.0 Å². The Labute approximate surface area is 192 Å². The molecule has 7 heteroatoms. The first-order chi connectivity index (χ1) is 13.7. The second kappa shape index (κ2) is 14.4. The summed E-state index contributed by atoms with van der Waals surface area (Å²) in [6.45, 7) is 13.4. The molecule has 162 valence electrons. The van der Waals surface area contributed by atoms with Crippen molar-refractivity contribution in [3.8, 4) is 11.5 Å². The second-order valence-corrected chi connectivity index (χ2v) is 6.92. The van der Waals surface area contributed by atoms with Crippen molar-refractivity contribution in [3.05, 3.63) is 42.3 Å². The molecule has 0 aliphatic carbocycles. The first-order valence-electron chi connectivity index (χ1n) is 10.4. The van der Waals surface area contributed by atoms with Gasteiger partial charge in [0.05, 0.1) is 6.54 Å². The molecule has 1 aromatic carbocycles. The van der Waals surface area contributed by atoms with Crippen LogP contribution in [0.3, 0.4) is 0 Å². The zero-order chi connectivity index (χ0) is 20.2. The number of halogens is 1. The highest BCUT2D eigenvalue weighted by Gasteiger charge is 2.09. The first kappa shape index (κ1) is 25.4. The SMILES string of the molecule is CCNC(=NCc1coc(-c2ccccc2)n1)NC(C)CCCN(CC)CC.I. The molecule has 0 amide bonds. The monoisotopic (exact) mass is 513 g/mol. The fraction of sp³-hybridized carbons (Fsp3) is 0.545. The van der Waals surface area contributed by atoms with Crippen LogP contribution in [0.25, 0.3) is 11.5 Å². The van der Waals surface area contributed by atoms with Gasteiger partial charge >= 0.3 is 0 Å². The molecule has 0 bridgehead atoms. The molecule has 6 nitrogen and oxygen atoms in total. The van der Waals surface area contributed by atoms with Gasteiger partial charge in [-0.1, -0.05) is 32.0 Å². The number of rotatable bonds is 11. The maximum absolute atomic E-state index is 5.59. The zero-order valence-corrected chi connectivity index (χ0v) is 20.5. The molecule has 0 saturated carbocycles. The minimum atomic E-state index is 0. The predicted molar refractivity (Wildman–Crippen MR) is 132 cm³/mol. The smallest absolute Gasteiger partial charge is 0.226 e. The fourth-order valence-corrected chi connectivity index (χ4v) is 3.04. The number of nitrogens with zero attached hydrogens (tertiary/aromatic N) is 3. The van der Waals surface area contributed by atoms with Crippen LogP contribution in [0.4, 0.5) is 0 Å². The fourth-order valence-electron chi connectivity index (χ4n) is 3.04. The molecule has 0 saturated heterocycles. The standard InChI is InChI=1S/C22H35N5O.HI/c1-5-23-22(25-18(4)12-11-15-27(6-2)7-3)24-16-20-17-28-21(26-20)19-13-9-8-10-14-19;/h8-10,13-14,17-18H,5-7,11-12,15-16H2,1-4H3,(H2,23,24,25);1H. The van der Waals surface area contributed by atoms with Gasteiger partial charge in [-0.3, -0.25) is 0 Å². The zero-order valence-electron chi connectivity index (χ0n) is 18.1. The van der Waals surface area contributed by atoms with Gasteiger partial charge in [0.25, 0.3) is 0 Å². The topological polar surface area (TPSA) is 65.7 Å². The largest absolute Gasteiger partial charge is 0.444 e. The number of guanidine groups is 1. The highest BCUT2D eigenvalue weighted by molar-refractivity contribution is 14.0. The van der Waals surface area contributed by atoms with Gasteiger partial charge in [-0.05, 0) is 58.5 Å². The summed E-state index contributed by atoms with van der Waals surface area (Å²) in [4.78, 5) is 11.7. The molecule has 2 rings (SSSR count). The minimum absolute atomic E-state index is 0. The van der Waals surface area contributed by atoms with Crippen LogP contribution in [0.5, 0.6) is 0 Å².